The molecule has 0 aromatic carbocycles. The number of hydrogen-bond acceptors (Lipinski definition) is 5. The number of halogens is 2. The first-order valence-electron chi connectivity index (χ1n) is 8.17. The number of hydrogen-bond donors (Lipinski definition) is 2. The third-order valence-corrected chi connectivity index (χ3v) is 4.78. The minimum atomic E-state index is -0.463. The van der Waals surface area contributed by atoms with E-state index >= 15 is 0 Å². The lowest BCUT2D eigenvalue weighted by atomic mass is 10.0. The van der Waals surface area contributed by atoms with Crippen molar-refractivity contribution in [1.82, 2.24) is 9.88 Å². The van der Waals surface area contributed by atoms with E-state index in [1.54, 1.807) is 0 Å². The molecule has 1 aromatic heterocycles. The van der Waals surface area contributed by atoms with Crippen molar-refractivity contribution >= 4 is 47.2 Å². The number of anilines is 1. The van der Waals surface area contributed by atoms with E-state index in [0.717, 1.165) is 31.2 Å². The second kappa shape index (κ2) is 11.3. The first kappa shape index (κ1) is 23.6. The molecule has 1 unspecified atom stereocenters. The molecule has 2 heterocycles. The molecule has 1 fully saturated rings. The summed E-state index contributed by atoms with van der Waals surface area (Å²) in [6, 6.07) is -0.463. The Bertz CT molecular complexity index is 498. The first-order valence-corrected chi connectivity index (χ1v) is 9.05. The molecule has 1 aromatic rings. The number of piperidine rings is 1. The maximum absolute atomic E-state index is 12.0. The lowest BCUT2D eigenvalue weighted by molar-refractivity contribution is -0.117. The fourth-order valence-corrected chi connectivity index (χ4v) is 3.61. The van der Waals surface area contributed by atoms with Crippen molar-refractivity contribution in [2.45, 2.75) is 52.6 Å². The number of aromatic nitrogens is 1. The van der Waals surface area contributed by atoms with Crippen molar-refractivity contribution < 1.29 is 4.79 Å². The molecule has 0 spiro atoms. The van der Waals surface area contributed by atoms with Gasteiger partial charge in [0, 0.05) is 18.5 Å². The van der Waals surface area contributed by atoms with Gasteiger partial charge in [-0.05, 0) is 37.6 Å². The third kappa shape index (κ3) is 7.66. The van der Waals surface area contributed by atoms with Gasteiger partial charge >= 0.3 is 0 Å². The molecule has 2 rings (SSSR count). The largest absolute Gasteiger partial charge is 0.320 e. The minimum absolute atomic E-state index is 0. The van der Waals surface area contributed by atoms with Crippen LogP contribution < -0.4 is 11.1 Å². The Morgan fingerprint density at radius 1 is 1.50 bits per heavy atom. The van der Waals surface area contributed by atoms with Crippen LogP contribution in [0.4, 0.5) is 5.13 Å². The molecule has 1 aliphatic rings. The lowest BCUT2D eigenvalue weighted by Gasteiger charge is -2.30. The zero-order valence-corrected chi connectivity index (χ0v) is 17.1. The van der Waals surface area contributed by atoms with E-state index in [-0.39, 0.29) is 30.7 Å². The molecular formula is C16H30Cl2N4OS. The van der Waals surface area contributed by atoms with Gasteiger partial charge in [-0.2, -0.15) is 0 Å². The molecule has 1 saturated heterocycles. The monoisotopic (exact) mass is 396 g/mol. The molecule has 140 valence electrons. The molecule has 0 bridgehead atoms. The van der Waals surface area contributed by atoms with E-state index < -0.39 is 6.04 Å². The summed E-state index contributed by atoms with van der Waals surface area (Å²) >= 11 is 1.48. The summed E-state index contributed by atoms with van der Waals surface area (Å²) in [6.45, 7) is 9.58. The van der Waals surface area contributed by atoms with E-state index in [0.29, 0.717) is 17.5 Å². The molecule has 5 nitrogen and oxygen atoms in total. The van der Waals surface area contributed by atoms with Crippen LogP contribution in [-0.4, -0.2) is 34.9 Å². The molecule has 1 aliphatic heterocycles. The maximum Gasteiger partial charge on any atom is 0.243 e. The standard InChI is InChI=1S/C16H28N4OS.2ClH/c1-11(2)7-14(17)15(21)19-16-18-13(10-22-16)9-20-6-4-5-12(3)8-20;;/h10-12,14H,4-9,17H2,1-3H3,(H,18,19,21);2*1H/t12?,14-;;/m0../s1. The molecule has 1 amide bonds. The summed E-state index contributed by atoms with van der Waals surface area (Å²) < 4.78 is 0. The number of nitrogens with zero attached hydrogens (tertiary/aromatic N) is 2. The number of likely N-dealkylation sites (tertiary alicyclic amines) is 1. The van der Waals surface area contributed by atoms with Crippen molar-refractivity contribution in [3.05, 3.63) is 11.1 Å². The molecule has 0 aliphatic carbocycles. The Hall–Kier alpha value is -0.400. The Balaban J connectivity index is 0.00000264. The number of rotatable bonds is 6. The van der Waals surface area contributed by atoms with Crippen molar-refractivity contribution in [1.29, 1.82) is 0 Å². The number of amides is 1. The van der Waals surface area contributed by atoms with Gasteiger partial charge in [0.15, 0.2) is 5.13 Å². The Labute approximate surface area is 161 Å². The normalized spacial score (nSPS) is 19.3. The lowest BCUT2D eigenvalue weighted by Crippen LogP contribution is -2.36. The number of nitrogens with two attached hydrogens (primary N) is 1. The SMILES string of the molecule is CC(C)C[C@H](N)C(=O)Nc1nc(CN2CCCC(C)C2)cs1.Cl.Cl. The van der Waals surface area contributed by atoms with Crippen molar-refractivity contribution in [2.24, 2.45) is 17.6 Å². The average molecular weight is 397 g/mol. The Kier molecular flexibility index (Phi) is 11.1. The van der Waals surface area contributed by atoms with Crippen molar-refractivity contribution in [3.8, 4) is 0 Å². The van der Waals surface area contributed by atoms with Crippen LogP contribution in [0.5, 0.6) is 0 Å². The van der Waals surface area contributed by atoms with Gasteiger partial charge in [-0.15, -0.1) is 36.2 Å². The fraction of sp³-hybridized carbons (Fsp3) is 0.750. The van der Waals surface area contributed by atoms with Gasteiger partial charge in [0.1, 0.15) is 0 Å². The van der Waals surface area contributed by atoms with E-state index in [1.807, 2.05) is 5.38 Å². The summed E-state index contributed by atoms with van der Waals surface area (Å²) in [4.78, 5) is 19.0. The molecule has 0 saturated carbocycles. The summed E-state index contributed by atoms with van der Waals surface area (Å²) in [5.41, 5.74) is 6.93. The third-order valence-electron chi connectivity index (χ3n) is 3.97. The predicted octanol–water partition coefficient (Wildman–Crippen LogP) is 3.53. The predicted molar refractivity (Wildman–Crippen MR) is 106 cm³/mol. The fourth-order valence-electron chi connectivity index (χ4n) is 2.91. The average Bonchev–Trinajstić information content (AvgIpc) is 2.85. The molecular weight excluding hydrogens is 367 g/mol. The van der Waals surface area contributed by atoms with Gasteiger partial charge in [0.2, 0.25) is 5.91 Å². The van der Waals surface area contributed by atoms with E-state index in [1.165, 1.54) is 24.2 Å². The van der Waals surface area contributed by atoms with E-state index in [2.05, 4.69) is 36.0 Å². The summed E-state index contributed by atoms with van der Waals surface area (Å²) in [5.74, 6) is 1.04. The number of thiazole rings is 1. The Morgan fingerprint density at radius 3 is 2.83 bits per heavy atom. The van der Waals surface area contributed by atoms with Crippen LogP contribution in [-0.2, 0) is 11.3 Å². The number of carbonyl (C=O) groups is 1. The van der Waals surface area contributed by atoms with E-state index in [9.17, 15) is 4.79 Å². The summed E-state index contributed by atoms with van der Waals surface area (Å²) in [7, 11) is 0. The molecule has 3 N–H and O–H groups in total. The quantitative estimate of drug-likeness (QED) is 0.770. The second-order valence-corrected chi connectivity index (χ2v) is 7.71. The van der Waals surface area contributed by atoms with Crippen LogP contribution in [0.1, 0.15) is 45.7 Å². The first-order chi connectivity index (χ1) is 10.4. The summed E-state index contributed by atoms with van der Waals surface area (Å²) in [6.07, 6.45) is 3.28. The van der Waals surface area contributed by atoms with E-state index in [4.69, 9.17) is 5.73 Å². The number of carbonyl (C=O) groups excluding carboxylic acids is 1. The maximum atomic E-state index is 12.0. The smallest absolute Gasteiger partial charge is 0.243 e. The van der Waals surface area contributed by atoms with Gasteiger partial charge in [-0.1, -0.05) is 20.8 Å². The molecule has 24 heavy (non-hydrogen) atoms. The number of nitrogens with one attached hydrogen (secondary N) is 1. The topological polar surface area (TPSA) is 71.2 Å². The van der Waals surface area contributed by atoms with Crippen LogP contribution in [0.25, 0.3) is 0 Å². The highest BCUT2D eigenvalue weighted by molar-refractivity contribution is 7.13. The van der Waals surface area contributed by atoms with Crippen LogP contribution >= 0.6 is 36.2 Å². The second-order valence-electron chi connectivity index (χ2n) is 6.85. The zero-order chi connectivity index (χ0) is 16.1. The highest BCUT2D eigenvalue weighted by atomic mass is 35.5. The van der Waals surface area contributed by atoms with Crippen molar-refractivity contribution in [2.75, 3.05) is 18.4 Å². The summed E-state index contributed by atoms with van der Waals surface area (Å²) in [5, 5.41) is 5.53. The highest BCUT2D eigenvalue weighted by Gasteiger charge is 2.19. The molecule has 8 heteroatoms. The van der Waals surface area contributed by atoms with Crippen LogP contribution in [0, 0.1) is 11.8 Å². The molecule has 2 atom stereocenters. The van der Waals surface area contributed by atoms with Crippen molar-refractivity contribution in [3.63, 3.8) is 0 Å². The highest BCUT2D eigenvalue weighted by Crippen LogP contribution is 2.21. The van der Waals surface area contributed by atoms with Crippen LogP contribution in [0.15, 0.2) is 5.38 Å². The molecule has 0 radical (unpaired) electrons. The van der Waals surface area contributed by atoms with Gasteiger partial charge < -0.3 is 11.1 Å². The Morgan fingerprint density at radius 2 is 2.21 bits per heavy atom. The van der Waals surface area contributed by atoms with Crippen LogP contribution in [0.2, 0.25) is 0 Å². The van der Waals surface area contributed by atoms with Gasteiger partial charge in [0.25, 0.3) is 0 Å². The zero-order valence-electron chi connectivity index (χ0n) is 14.7. The minimum Gasteiger partial charge on any atom is -0.320 e. The van der Waals surface area contributed by atoms with Gasteiger partial charge in [-0.3, -0.25) is 9.69 Å². The van der Waals surface area contributed by atoms with Gasteiger partial charge in [0.05, 0.1) is 11.7 Å². The van der Waals surface area contributed by atoms with Crippen LogP contribution in [0.3, 0.4) is 0 Å². The van der Waals surface area contributed by atoms with Gasteiger partial charge in [-0.25, -0.2) is 4.98 Å².